The maximum absolute atomic E-state index is 2.34. The van der Waals surface area contributed by atoms with Gasteiger partial charge in [-0.05, 0) is 128 Å². The van der Waals surface area contributed by atoms with Crippen LogP contribution in [0.2, 0.25) is 0 Å². The lowest BCUT2D eigenvalue weighted by atomic mass is 9.89. The molecule has 11 aromatic carbocycles. The van der Waals surface area contributed by atoms with Crippen molar-refractivity contribution in [1.82, 2.24) is 0 Å². The Bertz CT molecular complexity index is 3300. The molecule has 0 fully saturated rings. The molecular formula is C58H38. The van der Waals surface area contributed by atoms with Crippen LogP contribution in [-0.4, -0.2) is 0 Å². The maximum atomic E-state index is 2.34. The summed E-state index contributed by atoms with van der Waals surface area (Å²) in [6.45, 7) is 0. The molecule has 0 saturated carbocycles. The second kappa shape index (κ2) is 14.2. The highest BCUT2D eigenvalue weighted by Gasteiger charge is 2.13. The average molecular weight is 735 g/mol. The van der Waals surface area contributed by atoms with Crippen LogP contribution < -0.4 is 0 Å². The summed E-state index contributed by atoms with van der Waals surface area (Å²) in [6.07, 6.45) is 0. The van der Waals surface area contributed by atoms with Gasteiger partial charge in [0.25, 0.3) is 0 Å². The normalized spacial score (nSPS) is 11.4. The van der Waals surface area contributed by atoms with E-state index in [9.17, 15) is 0 Å². The summed E-state index contributed by atoms with van der Waals surface area (Å²) in [7, 11) is 0. The average Bonchev–Trinajstić information content (AvgIpc) is 3.31. The lowest BCUT2D eigenvalue weighted by Gasteiger charge is -2.14. The number of hydrogen-bond acceptors (Lipinski definition) is 0. The Balaban J connectivity index is 0.885. The predicted octanol–water partition coefficient (Wildman–Crippen LogP) is 16.3. The zero-order valence-electron chi connectivity index (χ0n) is 31.9. The Kier molecular flexibility index (Phi) is 8.26. The van der Waals surface area contributed by atoms with Gasteiger partial charge in [0.15, 0.2) is 0 Å². The van der Waals surface area contributed by atoms with Crippen LogP contribution in [0.15, 0.2) is 231 Å². The topological polar surface area (TPSA) is 0 Å². The van der Waals surface area contributed by atoms with Gasteiger partial charge in [-0.15, -0.1) is 0 Å². The first-order valence-corrected chi connectivity index (χ1v) is 20.1. The van der Waals surface area contributed by atoms with E-state index < -0.39 is 0 Å². The van der Waals surface area contributed by atoms with E-state index in [0.29, 0.717) is 0 Å². The molecule has 0 unspecified atom stereocenters. The molecule has 0 nitrogen and oxygen atoms in total. The first-order chi connectivity index (χ1) is 28.7. The van der Waals surface area contributed by atoms with Crippen molar-refractivity contribution in [3.8, 4) is 66.8 Å². The Labute approximate surface area is 339 Å². The van der Waals surface area contributed by atoms with Gasteiger partial charge in [-0.2, -0.15) is 0 Å². The van der Waals surface area contributed by atoms with Gasteiger partial charge in [0.05, 0.1) is 0 Å². The number of fused-ring (bicyclic) bond motifs is 4. The van der Waals surface area contributed by atoms with Crippen molar-refractivity contribution in [2.45, 2.75) is 0 Å². The summed E-state index contributed by atoms with van der Waals surface area (Å²) in [5.41, 5.74) is 14.8. The van der Waals surface area contributed by atoms with Crippen molar-refractivity contribution in [3.05, 3.63) is 231 Å². The molecule has 270 valence electrons. The molecule has 0 aliphatic rings. The Morgan fingerprint density at radius 1 is 0.155 bits per heavy atom. The standard InChI is InChI=1S/C58H38/c1-2-11-42(12-3-1)51-16-8-19-58-52(17-9-18-57(51)58)43-25-27-44(28-26-43)53-34-35-54(56-15-7-6-14-55(53)56)50-33-32-48-37-47(30-31-49(48)38-50)41-22-20-40(21-23-41)46-29-24-39-10-4-5-13-45(39)36-46/h1-38H. The predicted molar refractivity (Wildman–Crippen MR) is 249 cm³/mol. The molecule has 0 atom stereocenters. The van der Waals surface area contributed by atoms with Crippen LogP contribution in [0.3, 0.4) is 0 Å². The first kappa shape index (κ1) is 33.8. The van der Waals surface area contributed by atoms with Gasteiger partial charge in [-0.1, -0.05) is 212 Å². The van der Waals surface area contributed by atoms with Crippen molar-refractivity contribution in [2.24, 2.45) is 0 Å². The van der Waals surface area contributed by atoms with E-state index in [2.05, 4.69) is 231 Å². The van der Waals surface area contributed by atoms with Crippen molar-refractivity contribution >= 4 is 43.1 Å². The van der Waals surface area contributed by atoms with E-state index in [-0.39, 0.29) is 0 Å². The molecule has 0 heterocycles. The Morgan fingerprint density at radius 2 is 0.483 bits per heavy atom. The highest BCUT2D eigenvalue weighted by molar-refractivity contribution is 6.07. The van der Waals surface area contributed by atoms with Crippen LogP contribution in [0.4, 0.5) is 0 Å². The third-order valence-corrected chi connectivity index (χ3v) is 11.9. The molecule has 0 radical (unpaired) electrons. The van der Waals surface area contributed by atoms with Gasteiger partial charge in [0, 0.05) is 0 Å². The van der Waals surface area contributed by atoms with Gasteiger partial charge in [0.1, 0.15) is 0 Å². The fourth-order valence-electron chi connectivity index (χ4n) is 8.88. The SMILES string of the molecule is c1ccc(-c2cccc3c(-c4ccc(-c5ccc(-c6ccc7cc(-c8ccc(-c9ccc%10ccccc%10c9)cc8)ccc7c6)c6ccccc56)cc4)cccc23)cc1. The zero-order valence-corrected chi connectivity index (χ0v) is 31.9. The number of hydrogen-bond donors (Lipinski definition) is 0. The van der Waals surface area contributed by atoms with Crippen LogP contribution in [0.25, 0.3) is 110 Å². The molecule has 0 N–H and O–H groups in total. The molecule has 0 aliphatic heterocycles. The van der Waals surface area contributed by atoms with Gasteiger partial charge in [-0.25, -0.2) is 0 Å². The third-order valence-electron chi connectivity index (χ3n) is 11.9. The quantitative estimate of drug-likeness (QED) is 0.160. The minimum atomic E-state index is 1.22. The zero-order chi connectivity index (χ0) is 38.4. The number of rotatable bonds is 6. The van der Waals surface area contributed by atoms with Crippen LogP contribution in [0.5, 0.6) is 0 Å². The molecule has 11 rings (SSSR count). The maximum Gasteiger partial charge on any atom is -0.00992 e. The second-order valence-electron chi connectivity index (χ2n) is 15.3. The van der Waals surface area contributed by atoms with Crippen LogP contribution >= 0.6 is 0 Å². The van der Waals surface area contributed by atoms with E-state index in [1.807, 2.05) is 0 Å². The fraction of sp³-hybridized carbons (Fsp3) is 0. The molecular weight excluding hydrogens is 697 g/mol. The Morgan fingerprint density at radius 3 is 1.03 bits per heavy atom. The summed E-state index contributed by atoms with van der Waals surface area (Å²) in [4.78, 5) is 0. The van der Waals surface area contributed by atoms with E-state index in [4.69, 9.17) is 0 Å². The molecule has 0 bridgehead atoms. The lowest BCUT2D eigenvalue weighted by molar-refractivity contribution is 1.61. The highest BCUT2D eigenvalue weighted by atomic mass is 14.2. The molecule has 11 aromatic rings. The molecule has 0 spiro atoms. The Hall–Kier alpha value is -7.54. The van der Waals surface area contributed by atoms with Gasteiger partial charge in [0.2, 0.25) is 0 Å². The van der Waals surface area contributed by atoms with Crippen molar-refractivity contribution < 1.29 is 0 Å². The lowest BCUT2D eigenvalue weighted by Crippen LogP contribution is -1.88. The highest BCUT2D eigenvalue weighted by Crippen LogP contribution is 2.40. The summed E-state index contributed by atoms with van der Waals surface area (Å²) in [5, 5.41) is 10.1. The molecule has 0 aromatic heterocycles. The van der Waals surface area contributed by atoms with Gasteiger partial charge >= 0.3 is 0 Å². The molecule has 0 heteroatoms. The van der Waals surface area contributed by atoms with Crippen LogP contribution in [-0.2, 0) is 0 Å². The van der Waals surface area contributed by atoms with Crippen LogP contribution in [0, 0.1) is 0 Å². The minimum Gasteiger partial charge on any atom is -0.0622 e. The summed E-state index contributed by atoms with van der Waals surface area (Å²) in [5.74, 6) is 0. The summed E-state index contributed by atoms with van der Waals surface area (Å²) in [6, 6.07) is 84.4. The fourth-order valence-corrected chi connectivity index (χ4v) is 8.88. The monoisotopic (exact) mass is 734 g/mol. The van der Waals surface area contributed by atoms with Crippen molar-refractivity contribution in [3.63, 3.8) is 0 Å². The number of benzene rings is 11. The molecule has 0 aliphatic carbocycles. The van der Waals surface area contributed by atoms with E-state index in [0.717, 1.165) is 0 Å². The first-order valence-electron chi connectivity index (χ1n) is 20.1. The third kappa shape index (κ3) is 6.04. The molecule has 0 saturated heterocycles. The van der Waals surface area contributed by atoms with Crippen molar-refractivity contribution in [2.75, 3.05) is 0 Å². The smallest absolute Gasteiger partial charge is 0.00992 e. The molecule has 58 heavy (non-hydrogen) atoms. The van der Waals surface area contributed by atoms with Gasteiger partial charge < -0.3 is 0 Å². The summed E-state index contributed by atoms with van der Waals surface area (Å²) >= 11 is 0. The summed E-state index contributed by atoms with van der Waals surface area (Å²) < 4.78 is 0. The van der Waals surface area contributed by atoms with Crippen molar-refractivity contribution in [1.29, 1.82) is 0 Å². The minimum absolute atomic E-state index is 1.22. The molecule has 0 amide bonds. The van der Waals surface area contributed by atoms with Crippen LogP contribution in [0.1, 0.15) is 0 Å². The second-order valence-corrected chi connectivity index (χ2v) is 15.3. The van der Waals surface area contributed by atoms with E-state index >= 15 is 0 Å². The largest absolute Gasteiger partial charge is 0.0622 e. The van der Waals surface area contributed by atoms with E-state index in [1.54, 1.807) is 0 Å². The van der Waals surface area contributed by atoms with E-state index in [1.165, 1.54) is 110 Å². The van der Waals surface area contributed by atoms with Gasteiger partial charge in [-0.3, -0.25) is 0 Å².